The maximum absolute atomic E-state index is 13.1. The largest absolute Gasteiger partial charge is 0.472 e. The molecule has 0 aliphatic heterocycles. The number of unbranched alkanes of at least 4 members (excludes halogenated alkanes) is 53. The molecule has 3 N–H and O–H groups in total. The molecule has 0 aliphatic carbocycles. The van der Waals surface area contributed by atoms with Crippen LogP contribution in [0.15, 0.2) is 12.2 Å². The first kappa shape index (κ1) is 79.2. The van der Waals surface area contributed by atoms with Gasteiger partial charge in [-0.25, -0.2) is 4.57 Å². The second-order valence-corrected chi connectivity index (χ2v) is 27.8. The monoisotopic (exact) mass is 1150 g/mol. The highest BCUT2D eigenvalue weighted by molar-refractivity contribution is 7.47. The fourth-order valence-electron chi connectivity index (χ4n) is 11.4. The number of amides is 1. The minimum Gasteiger partial charge on any atom is -0.391 e. The number of phosphoric ester groups is 1. The molecular formula is C71H144N2O6P+. The Morgan fingerprint density at radius 3 is 0.963 bits per heavy atom. The van der Waals surface area contributed by atoms with E-state index >= 15 is 0 Å². The van der Waals surface area contributed by atoms with Crippen molar-refractivity contribution in [2.75, 3.05) is 40.9 Å². The lowest BCUT2D eigenvalue weighted by Crippen LogP contribution is -2.46. The number of carbonyl (C=O) groups is 1. The topological polar surface area (TPSA) is 105 Å². The van der Waals surface area contributed by atoms with E-state index in [1.54, 1.807) is 0 Å². The van der Waals surface area contributed by atoms with Crippen LogP contribution in [0.5, 0.6) is 0 Å². The van der Waals surface area contributed by atoms with Gasteiger partial charge in [-0.3, -0.25) is 13.8 Å². The van der Waals surface area contributed by atoms with E-state index in [0.29, 0.717) is 23.9 Å². The van der Waals surface area contributed by atoms with Crippen LogP contribution in [0, 0.1) is 0 Å². The maximum atomic E-state index is 13.1. The van der Waals surface area contributed by atoms with E-state index < -0.39 is 20.0 Å². The van der Waals surface area contributed by atoms with Crippen LogP contribution in [0.4, 0.5) is 0 Å². The van der Waals surface area contributed by atoms with E-state index in [4.69, 9.17) is 9.05 Å². The molecular weight excluding hydrogens is 1010 g/mol. The van der Waals surface area contributed by atoms with Gasteiger partial charge in [0.05, 0.1) is 39.9 Å². The van der Waals surface area contributed by atoms with E-state index in [9.17, 15) is 19.4 Å². The highest BCUT2D eigenvalue weighted by Crippen LogP contribution is 2.43. The van der Waals surface area contributed by atoms with Crippen molar-refractivity contribution in [2.45, 2.75) is 398 Å². The van der Waals surface area contributed by atoms with Crippen molar-refractivity contribution < 1.29 is 32.9 Å². The van der Waals surface area contributed by atoms with Gasteiger partial charge in [-0.15, -0.1) is 0 Å². The number of hydrogen-bond donors (Lipinski definition) is 3. The lowest BCUT2D eigenvalue weighted by atomic mass is 10.0. The molecule has 0 saturated heterocycles. The number of aliphatic hydroxyl groups excluding tert-OH is 1. The number of allylic oxidation sites excluding steroid dienone is 2. The fourth-order valence-corrected chi connectivity index (χ4v) is 12.1. The number of quaternary nitrogens is 1. The van der Waals surface area contributed by atoms with Crippen molar-refractivity contribution in [3.05, 3.63) is 12.2 Å². The molecule has 0 aromatic rings. The average Bonchev–Trinajstić information content (AvgIpc) is 3.42. The van der Waals surface area contributed by atoms with E-state index in [-0.39, 0.29) is 19.1 Å². The number of nitrogens with one attached hydrogen (secondary N) is 1. The Bertz CT molecular complexity index is 1310. The number of hydrogen-bond acceptors (Lipinski definition) is 5. The average molecular weight is 1150 g/mol. The predicted octanol–water partition coefficient (Wildman–Crippen LogP) is 22.9. The van der Waals surface area contributed by atoms with Crippen LogP contribution in [0.1, 0.15) is 386 Å². The zero-order chi connectivity index (χ0) is 58.4. The van der Waals surface area contributed by atoms with Crippen molar-refractivity contribution in [1.29, 1.82) is 0 Å². The molecule has 9 heteroatoms. The molecule has 0 rings (SSSR count). The molecule has 80 heavy (non-hydrogen) atoms. The summed E-state index contributed by atoms with van der Waals surface area (Å²) in [4.78, 5) is 23.4. The summed E-state index contributed by atoms with van der Waals surface area (Å²) in [5.74, 6) is -0.135. The number of phosphoric acid groups is 1. The number of aliphatic hydroxyl groups is 1. The van der Waals surface area contributed by atoms with E-state index in [0.717, 1.165) is 38.5 Å². The third-order valence-electron chi connectivity index (χ3n) is 17.0. The minimum atomic E-state index is -4.32. The summed E-state index contributed by atoms with van der Waals surface area (Å²) in [7, 11) is 1.64. The normalized spacial score (nSPS) is 13.6. The highest BCUT2D eigenvalue weighted by Gasteiger charge is 2.28. The third kappa shape index (κ3) is 64.8. The molecule has 3 unspecified atom stereocenters. The molecule has 0 aromatic carbocycles. The van der Waals surface area contributed by atoms with Gasteiger partial charge in [-0.2, -0.15) is 0 Å². The van der Waals surface area contributed by atoms with Gasteiger partial charge in [0.2, 0.25) is 5.91 Å². The second-order valence-electron chi connectivity index (χ2n) is 26.3. The van der Waals surface area contributed by atoms with Gasteiger partial charge in [0.1, 0.15) is 13.2 Å². The van der Waals surface area contributed by atoms with Gasteiger partial charge >= 0.3 is 7.82 Å². The van der Waals surface area contributed by atoms with Crippen LogP contribution < -0.4 is 5.32 Å². The Kier molecular flexibility index (Phi) is 62.2. The SMILES string of the molecule is CCCCCCCCCC/C=C\CCCCCCCCCCCCCCCCCCCCCCCCCCCCCCCC(=O)NC(COP(=O)(O)OCC[N+](C)(C)C)C(O)CCCCCCCCCCCCCCCCCCC. The molecule has 0 radical (unpaired) electrons. The van der Waals surface area contributed by atoms with Crippen LogP contribution in [-0.4, -0.2) is 73.4 Å². The number of carbonyl (C=O) groups excluding carboxylic acids is 1. The Hall–Kier alpha value is -0.760. The zero-order valence-corrected chi connectivity index (χ0v) is 55.8. The fraction of sp³-hybridized carbons (Fsp3) is 0.958. The molecule has 3 atom stereocenters. The first-order valence-electron chi connectivity index (χ1n) is 36.1. The van der Waals surface area contributed by atoms with E-state index in [1.807, 2.05) is 21.1 Å². The summed E-state index contributed by atoms with van der Waals surface area (Å²) < 4.78 is 23.9. The summed E-state index contributed by atoms with van der Waals surface area (Å²) >= 11 is 0. The standard InChI is InChI=1S/C71H143N2O6P/c1-6-8-10-12-14-16-18-20-22-24-25-26-27-28-29-30-31-32-33-34-35-36-37-38-39-40-41-42-43-44-45-46-47-49-51-53-55-57-59-61-63-65-71(75)72-69(68-79-80(76,77)78-67-66-73(3,4)5)70(74)64-62-60-58-56-54-52-50-48-23-21-19-17-15-13-11-9-7-2/h24-25,69-70,74H,6-23,26-68H2,1-5H3,(H-,72,75,76,77)/p+1/b25-24-. The van der Waals surface area contributed by atoms with E-state index in [1.165, 1.54) is 321 Å². The number of nitrogens with zero attached hydrogens (tertiary/aromatic N) is 1. The quantitative estimate of drug-likeness (QED) is 0.0243. The van der Waals surface area contributed by atoms with Gasteiger partial charge in [0.15, 0.2) is 0 Å². The molecule has 0 fully saturated rings. The lowest BCUT2D eigenvalue weighted by molar-refractivity contribution is -0.870. The highest BCUT2D eigenvalue weighted by atomic mass is 31.2. The van der Waals surface area contributed by atoms with Gasteiger partial charge in [0.25, 0.3) is 0 Å². The number of likely N-dealkylation sites (N-methyl/N-ethyl adjacent to an activating group) is 1. The van der Waals surface area contributed by atoms with Gasteiger partial charge in [-0.05, 0) is 38.5 Å². The second kappa shape index (κ2) is 62.8. The summed E-state index contributed by atoms with van der Waals surface area (Å²) in [6, 6.07) is -0.757. The van der Waals surface area contributed by atoms with Crippen molar-refractivity contribution in [3.8, 4) is 0 Å². The van der Waals surface area contributed by atoms with Crippen LogP contribution in [0.2, 0.25) is 0 Å². The Balaban J connectivity index is 3.82. The molecule has 0 spiro atoms. The van der Waals surface area contributed by atoms with Gasteiger partial charge in [0, 0.05) is 6.42 Å². The maximum Gasteiger partial charge on any atom is 0.472 e. The number of rotatable bonds is 68. The van der Waals surface area contributed by atoms with Crippen LogP contribution in [0.3, 0.4) is 0 Å². The zero-order valence-electron chi connectivity index (χ0n) is 54.9. The minimum absolute atomic E-state index is 0.0787. The van der Waals surface area contributed by atoms with Gasteiger partial charge < -0.3 is 19.8 Å². The molecule has 0 saturated carbocycles. The van der Waals surface area contributed by atoms with Crippen LogP contribution in [-0.2, 0) is 18.4 Å². The molecule has 0 bridgehead atoms. The first-order valence-corrected chi connectivity index (χ1v) is 37.5. The summed E-state index contributed by atoms with van der Waals surface area (Å²) in [5.41, 5.74) is 0. The lowest BCUT2D eigenvalue weighted by Gasteiger charge is -2.26. The van der Waals surface area contributed by atoms with Crippen molar-refractivity contribution in [2.24, 2.45) is 0 Å². The molecule has 0 aromatic heterocycles. The molecule has 8 nitrogen and oxygen atoms in total. The Morgan fingerprint density at radius 1 is 0.412 bits per heavy atom. The summed E-state index contributed by atoms with van der Waals surface area (Å²) in [5, 5.41) is 14.1. The predicted molar refractivity (Wildman–Crippen MR) is 351 cm³/mol. The van der Waals surface area contributed by atoms with Crippen molar-refractivity contribution in [1.82, 2.24) is 5.32 Å². The Morgan fingerprint density at radius 2 is 0.675 bits per heavy atom. The molecule has 0 heterocycles. The third-order valence-corrected chi connectivity index (χ3v) is 18.0. The smallest absolute Gasteiger partial charge is 0.391 e. The molecule has 0 aliphatic rings. The van der Waals surface area contributed by atoms with E-state index in [2.05, 4.69) is 31.3 Å². The van der Waals surface area contributed by atoms with Gasteiger partial charge in [-0.1, -0.05) is 353 Å². The molecule has 478 valence electrons. The van der Waals surface area contributed by atoms with Crippen molar-refractivity contribution in [3.63, 3.8) is 0 Å². The van der Waals surface area contributed by atoms with Crippen molar-refractivity contribution >= 4 is 13.7 Å². The summed E-state index contributed by atoms with van der Waals surface area (Å²) in [6.07, 6.45) is 80.6. The Labute approximate surface area is 501 Å². The molecule has 1 amide bonds. The van der Waals surface area contributed by atoms with Crippen LogP contribution >= 0.6 is 7.82 Å². The first-order chi connectivity index (χ1) is 39.0. The van der Waals surface area contributed by atoms with Crippen LogP contribution in [0.25, 0.3) is 0 Å². The summed E-state index contributed by atoms with van der Waals surface area (Å²) in [6.45, 7) is 4.95.